The number of hydrogen-bond acceptors (Lipinski definition) is 5. The average molecular weight is 715 g/mol. The molecular weight excluding hydrogens is 629 g/mol. The lowest BCUT2D eigenvalue weighted by molar-refractivity contribution is 0.101. The SMILES string of the molecule is CCCCCCCCCCCCCCCc1cc(OCCN2CCN(CCO)CC2)cc(OC(CCCCCCCC)CCCCCCCC)c1. The molecule has 0 amide bonds. The predicted octanol–water partition coefficient (Wildman–Crippen LogP) is 12.6. The number of aryl methyl sites for hydroxylation is 1. The van der Waals surface area contributed by atoms with Gasteiger partial charge in [0.25, 0.3) is 0 Å². The Kier molecular flexibility index (Phi) is 29.9. The molecule has 1 aromatic rings. The van der Waals surface area contributed by atoms with Crippen molar-refractivity contribution in [1.29, 1.82) is 0 Å². The number of aliphatic hydroxyl groups excluding tert-OH is 1. The second-order valence-electron chi connectivity index (χ2n) is 15.9. The minimum atomic E-state index is 0.252. The Bertz CT molecular complexity index is 871. The van der Waals surface area contributed by atoms with Crippen LogP contribution in [0.25, 0.3) is 0 Å². The molecule has 0 radical (unpaired) electrons. The molecule has 298 valence electrons. The summed E-state index contributed by atoms with van der Waals surface area (Å²) in [7, 11) is 0. The largest absolute Gasteiger partial charge is 0.492 e. The van der Waals surface area contributed by atoms with Gasteiger partial charge in [0.1, 0.15) is 18.1 Å². The molecule has 0 aromatic heterocycles. The lowest BCUT2D eigenvalue weighted by Gasteiger charge is -2.34. The molecule has 1 aromatic carbocycles. The van der Waals surface area contributed by atoms with Crippen LogP contribution < -0.4 is 9.47 Å². The van der Waals surface area contributed by atoms with E-state index in [9.17, 15) is 5.11 Å². The maximum atomic E-state index is 9.28. The van der Waals surface area contributed by atoms with Crippen LogP contribution >= 0.6 is 0 Å². The van der Waals surface area contributed by atoms with Gasteiger partial charge >= 0.3 is 0 Å². The van der Waals surface area contributed by atoms with Gasteiger partial charge in [-0.1, -0.05) is 162 Å². The highest BCUT2D eigenvalue weighted by atomic mass is 16.5. The second-order valence-corrected chi connectivity index (χ2v) is 15.9. The molecule has 0 spiro atoms. The van der Waals surface area contributed by atoms with E-state index in [1.807, 2.05) is 0 Å². The molecule has 1 saturated heterocycles. The van der Waals surface area contributed by atoms with Crippen molar-refractivity contribution in [2.45, 2.75) is 207 Å². The van der Waals surface area contributed by atoms with Crippen molar-refractivity contribution in [3.8, 4) is 11.5 Å². The minimum Gasteiger partial charge on any atom is -0.492 e. The van der Waals surface area contributed by atoms with Crippen molar-refractivity contribution >= 4 is 0 Å². The minimum absolute atomic E-state index is 0.252. The van der Waals surface area contributed by atoms with E-state index in [2.05, 4.69) is 48.8 Å². The summed E-state index contributed by atoms with van der Waals surface area (Å²) in [6, 6.07) is 6.81. The number of benzene rings is 1. The normalized spacial score (nSPS) is 14.1. The number of piperazine rings is 1. The van der Waals surface area contributed by atoms with E-state index in [1.54, 1.807) is 0 Å². The van der Waals surface area contributed by atoms with Crippen molar-refractivity contribution in [2.75, 3.05) is 52.5 Å². The standard InChI is InChI=1S/C46H86N2O3/c1-4-7-10-13-16-17-18-19-20-21-22-23-26-29-43-40-45(50-39-37-48-34-32-47(33-35-48)36-38-49)42-46(41-43)51-44(30-27-24-14-11-8-5-2)31-28-25-15-12-9-6-3/h40-42,44,49H,4-39H2,1-3H3. The third-order valence-corrected chi connectivity index (χ3v) is 11.1. The van der Waals surface area contributed by atoms with Gasteiger partial charge in [-0.3, -0.25) is 9.80 Å². The van der Waals surface area contributed by atoms with Crippen molar-refractivity contribution < 1.29 is 14.6 Å². The van der Waals surface area contributed by atoms with E-state index in [-0.39, 0.29) is 6.61 Å². The van der Waals surface area contributed by atoms with Crippen molar-refractivity contribution in [3.05, 3.63) is 23.8 Å². The summed E-state index contributed by atoms with van der Waals surface area (Å²) < 4.78 is 13.3. The number of ether oxygens (including phenoxy) is 2. The molecule has 1 N–H and O–H groups in total. The molecule has 2 rings (SSSR count). The molecule has 0 aliphatic carbocycles. The Morgan fingerprint density at radius 2 is 0.922 bits per heavy atom. The van der Waals surface area contributed by atoms with Gasteiger partial charge in [-0.2, -0.15) is 0 Å². The van der Waals surface area contributed by atoms with E-state index in [4.69, 9.17) is 9.47 Å². The molecule has 51 heavy (non-hydrogen) atoms. The summed E-state index contributed by atoms with van der Waals surface area (Å²) in [5, 5.41) is 9.28. The summed E-state index contributed by atoms with van der Waals surface area (Å²) in [4.78, 5) is 4.85. The van der Waals surface area contributed by atoms with Gasteiger partial charge in [0.15, 0.2) is 0 Å². The van der Waals surface area contributed by atoms with Crippen LogP contribution in [0.15, 0.2) is 18.2 Å². The Labute approximate surface area is 318 Å². The Morgan fingerprint density at radius 1 is 0.510 bits per heavy atom. The van der Waals surface area contributed by atoms with Gasteiger partial charge < -0.3 is 14.6 Å². The fourth-order valence-corrected chi connectivity index (χ4v) is 7.70. The number of β-amino-alcohol motifs (C(OH)–C–C–N with tert-alkyl or cyclic N) is 1. The van der Waals surface area contributed by atoms with Gasteiger partial charge in [0.05, 0.1) is 12.7 Å². The Balaban J connectivity index is 1.90. The van der Waals surface area contributed by atoms with Crippen LogP contribution in [-0.4, -0.2) is 73.5 Å². The van der Waals surface area contributed by atoms with E-state index in [0.717, 1.165) is 57.2 Å². The monoisotopic (exact) mass is 715 g/mol. The number of rotatable bonds is 36. The van der Waals surface area contributed by atoms with Crippen LogP contribution in [-0.2, 0) is 6.42 Å². The van der Waals surface area contributed by atoms with Crippen molar-refractivity contribution in [3.63, 3.8) is 0 Å². The predicted molar refractivity (Wildman–Crippen MR) is 222 cm³/mol. The van der Waals surface area contributed by atoms with Crippen LogP contribution in [0.4, 0.5) is 0 Å². The van der Waals surface area contributed by atoms with Crippen LogP contribution in [0.2, 0.25) is 0 Å². The molecule has 1 fully saturated rings. The smallest absolute Gasteiger partial charge is 0.123 e. The zero-order valence-electron chi connectivity index (χ0n) is 34.4. The first-order chi connectivity index (χ1) is 25.2. The molecule has 1 heterocycles. The highest BCUT2D eigenvalue weighted by Gasteiger charge is 2.17. The molecule has 5 heteroatoms. The van der Waals surface area contributed by atoms with Crippen molar-refractivity contribution in [2.24, 2.45) is 0 Å². The summed E-state index contributed by atoms with van der Waals surface area (Å²) in [5.74, 6) is 2.01. The molecular formula is C46H86N2O3. The Hall–Kier alpha value is -1.30. The summed E-state index contributed by atoms with van der Waals surface area (Å²) in [5.41, 5.74) is 1.38. The van der Waals surface area contributed by atoms with Gasteiger partial charge in [-0.15, -0.1) is 0 Å². The first-order valence-corrected chi connectivity index (χ1v) is 22.7. The van der Waals surface area contributed by atoms with Crippen LogP contribution in [0.3, 0.4) is 0 Å². The number of aliphatic hydroxyl groups is 1. The number of hydrogen-bond donors (Lipinski definition) is 1. The molecule has 0 bridgehead atoms. The third kappa shape index (κ3) is 25.4. The zero-order valence-corrected chi connectivity index (χ0v) is 34.4. The second kappa shape index (κ2) is 33.3. The molecule has 0 saturated carbocycles. The highest BCUT2D eigenvalue weighted by Crippen LogP contribution is 2.28. The number of nitrogens with zero attached hydrogens (tertiary/aromatic N) is 2. The van der Waals surface area contributed by atoms with E-state index >= 15 is 0 Å². The molecule has 0 atom stereocenters. The topological polar surface area (TPSA) is 45.2 Å². The maximum Gasteiger partial charge on any atom is 0.123 e. The van der Waals surface area contributed by atoms with Gasteiger partial charge in [0, 0.05) is 45.3 Å². The highest BCUT2D eigenvalue weighted by molar-refractivity contribution is 5.38. The maximum absolute atomic E-state index is 9.28. The van der Waals surface area contributed by atoms with E-state index < -0.39 is 0 Å². The van der Waals surface area contributed by atoms with E-state index in [1.165, 1.54) is 179 Å². The summed E-state index contributed by atoms with van der Waals surface area (Å²) >= 11 is 0. The van der Waals surface area contributed by atoms with Gasteiger partial charge in [0.2, 0.25) is 0 Å². The number of unbranched alkanes of at least 4 members (excludes halogenated alkanes) is 22. The van der Waals surface area contributed by atoms with Crippen molar-refractivity contribution in [1.82, 2.24) is 9.80 Å². The lowest BCUT2D eigenvalue weighted by Crippen LogP contribution is -2.48. The Morgan fingerprint density at radius 3 is 1.39 bits per heavy atom. The lowest BCUT2D eigenvalue weighted by atomic mass is 10.0. The fourth-order valence-electron chi connectivity index (χ4n) is 7.70. The quantitative estimate of drug-likeness (QED) is 0.0701. The summed E-state index contributed by atoms with van der Waals surface area (Å²) in [6.07, 6.45) is 37.9. The molecule has 1 aliphatic heterocycles. The first-order valence-electron chi connectivity index (χ1n) is 22.7. The zero-order chi connectivity index (χ0) is 36.5. The fraction of sp³-hybridized carbons (Fsp3) is 0.870. The molecule has 5 nitrogen and oxygen atoms in total. The molecule has 0 unspecified atom stereocenters. The van der Waals surface area contributed by atoms with Crippen LogP contribution in [0.1, 0.15) is 200 Å². The van der Waals surface area contributed by atoms with Gasteiger partial charge in [-0.05, 0) is 56.2 Å². The third-order valence-electron chi connectivity index (χ3n) is 11.1. The first kappa shape index (κ1) is 45.9. The van der Waals surface area contributed by atoms with E-state index in [0.29, 0.717) is 12.7 Å². The summed E-state index contributed by atoms with van der Waals surface area (Å²) in [6.45, 7) is 13.8. The average Bonchev–Trinajstić information content (AvgIpc) is 3.14. The van der Waals surface area contributed by atoms with Crippen LogP contribution in [0, 0.1) is 0 Å². The molecule has 1 aliphatic rings. The van der Waals surface area contributed by atoms with Crippen LogP contribution in [0.5, 0.6) is 11.5 Å². The van der Waals surface area contributed by atoms with Gasteiger partial charge in [-0.25, -0.2) is 0 Å².